The standard InChI is InChI=1S/C11H17NS/c1-6-10(9(5)13)11(7-2)12-8(3)4/h6-7H,1-5H3/b10-6-,11-7+. The minimum absolute atomic E-state index is 0.889. The average molecular weight is 195 g/mol. The molecule has 0 aromatic heterocycles. The Labute approximate surface area is 86.3 Å². The first kappa shape index (κ1) is 12.2. The maximum atomic E-state index is 5.13. The van der Waals surface area contributed by atoms with E-state index in [9.17, 15) is 0 Å². The van der Waals surface area contributed by atoms with Crippen molar-refractivity contribution in [3.63, 3.8) is 0 Å². The molecule has 0 fully saturated rings. The molecular formula is C11H17NS. The third-order valence-corrected chi connectivity index (χ3v) is 1.78. The summed E-state index contributed by atoms with van der Waals surface area (Å²) in [5.41, 5.74) is 3.07. The molecule has 0 radical (unpaired) electrons. The lowest BCUT2D eigenvalue weighted by Gasteiger charge is -2.05. The van der Waals surface area contributed by atoms with E-state index in [0.29, 0.717) is 0 Å². The van der Waals surface area contributed by atoms with Crippen LogP contribution in [0.5, 0.6) is 0 Å². The molecule has 0 N–H and O–H groups in total. The monoisotopic (exact) mass is 195 g/mol. The highest BCUT2D eigenvalue weighted by Crippen LogP contribution is 2.14. The number of hydrogen-bond donors (Lipinski definition) is 0. The zero-order valence-electron chi connectivity index (χ0n) is 9.01. The lowest BCUT2D eigenvalue weighted by atomic mass is 10.1. The number of rotatable bonds is 3. The van der Waals surface area contributed by atoms with Gasteiger partial charge in [-0.3, -0.25) is 4.99 Å². The molecule has 0 amide bonds. The van der Waals surface area contributed by atoms with E-state index in [1.807, 2.05) is 46.8 Å². The molecule has 0 aliphatic heterocycles. The Balaban J connectivity index is 5.01. The molecule has 0 aromatic rings. The van der Waals surface area contributed by atoms with Crippen molar-refractivity contribution in [3.8, 4) is 0 Å². The van der Waals surface area contributed by atoms with Crippen LogP contribution in [-0.4, -0.2) is 10.6 Å². The van der Waals surface area contributed by atoms with Crippen LogP contribution in [0.2, 0.25) is 0 Å². The van der Waals surface area contributed by atoms with Crippen LogP contribution >= 0.6 is 12.2 Å². The largest absolute Gasteiger partial charge is 0.258 e. The second-order valence-electron chi connectivity index (χ2n) is 2.99. The molecule has 0 rings (SSSR count). The lowest BCUT2D eigenvalue weighted by molar-refractivity contribution is 1.31. The summed E-state index contributed by atoms with van der Waals surface area (Å²) in [5, 5.41) is 0. The number of allylic oxidation sites excluding steroid dienone is 3. The van der Waals surface area contributed by atoms with Crippen LogP contribution < -0.4 is 0 Å². The molecule has 0 bridgehead atoms. The third-order valence-electron chi connectivity index (χ3n) is 1.56. The number of hydrogen-bond acceptors (Lipinski definition) is 2. The van der Waals surface area contributed by atoms with Crippen LogP contribution in [0.15, 0.2) is 28.4 Å². The van der Waals surface area contributed by atoms with Gasteiger partial charge in [-0.15, -0.1) is 0 Å². The molecule has 0 aromatic carbocycles. The molecule has 0 aliphatic carbocycles. The summed E-state index contributed by atoms with van der Waals surface area (Å²) >= 11 is 5.13. The van der Waals surface area contributed by atoms with Gasteiger partial charge in [0.1, 0.15) is 0 Å². The second-order valence-corrected chi connectivity index (χ2v) is 3.60. The van der Waals surface area contributed by atoms with Gasteiger partial charge in [0.25, 0.3) is 0 Å². The van der Waals surface area contributed by atoms with Crippen LogP contribution in [0, 0.1) is 0 Å². The molecule has 0 unspecified atom stereocenters. The Kier molecular flexibility index (Phi) is 5.47. The molecule has 0 heterocycles. The molecule has 1 nitrogen and oxygen atoms in total. The minimum Gasteiger partial charge on any atom is -0.258 e. The lowest BCUT2D eigenvalue weighted by Crippen LogP contribution is -1.97. The SMILES string of the molecule is C/C=C(N=C(C)C)\C(=C/C)C(C)=S. The highest BCUT2D eigenvalue weighted by molar-refractivity contribution is 7.80. The number of thiocarbonyl (C=S) groups is 1. The fourth-order valence-corrected chi connectivity index (χ4v) is 1.28. The predicted octanol–water partition coefficient (Wildman–Crippen LogP) is 3.71. The van der Waals surface area contributed by atoms with Gasteiger partial charge >= 0.3 is 0 Å². The predicted molar refractivity (Wildman–Crippen MR) is 64.6 cm³/mol. The molecule has 13 heavy (non-hydrogen) atoms. The van der Waals surface area contributed by atoms with Gasteiger partial charge in [-0.25, -0.2) is 0 Å². The highest BCUT2D eigenvalue weighted by Gasteiger charge is 2.03. The Morgan fingerprint density at radius 2 is 1.62 bits per heavy atom. The van der Waals surface area contributed by atoms with Crippen LogP contribution in [0.1, 0.15) is 34.6 Å². The van der Waals surface area contributed by atoms with E-state index >= 15 is 0 Å². The van der Waals surface area contributed by atoms with Crippen LogP contribution in [0.3, 0.4) is 0 Å². The number of nitrogens with zero attached hydrogens (tertiary/aromatic N) is 1. The first-order chi connectivity index (χ1) is 6.02. The summed E-state index contributed by atoms with van der Waals surface area (Å²) in [5.74, 6) is 0. The molecule has 0 saturated carbocycles. The van der Waals surface area contributed by atoms with Crippen LogP contribution in [0.25, 0.3) is 0 Å². The van der Waals surface area contributed by atoms with E-state index in [4.69, 9.17) is 12.2 Å². The van der Waals surface area contributed by atoms with E-state index in [1.165, 1.54) is 0 Å². The quantitative estimate of drug-likeness (QED) is 0.289. The van der Waals surface area contributed by atoms with E-state index < -0.39 is 0 Å². The van der Waals surface area contributed by atoms with E-state index in [-0.39, 0.29) is 0 Å². The van der Waals surface area contributed by atoms with Gasteiger partial charge in [0.05, 0.1) is 5.70 Å². The second kappa shape index (κ2) is 5.81. The summed E-state index contributed by atoms with van der Waals surface area (Å²) in [6.45, 7) is 9.85. The van der Waals surface area contributed by atoms with Crippen molar-refractivity contribution >= 4 is 22.8 Å². The first-order valence-electron chi connectivity index (χ1n) is 4.38. The summed E-state index contributed by atoms with van der Waals surface area (Å²) in [7, 11) is 0. The fraction of sp³-hybridized carbons (Fsp3) is 0.455. The molecule has 72 valence electrons. The topological polar surface area (TPSA) is 12.4 Å². The Morgan fingerprint density at radius 1 is 1.08 bits per heavy atom. The van der Waals surface area contributed by atoms with Crippen LogP contribution in [-0.2, 0) is 0 Å². The third kappa shape index (κ3) is 4.13. The van der Waals surface area contributed by atoms with Gasteiger partial charge in [0, 0.05) is 16.1 Å². The molecule has 0 atom stereocenters. The van der Waals surface area contributed by atoms with Gasteiger partial charge < -0.3 is 0 Å². The van der Waals surface area contributed by atoms with Crippen molar-refractivity contribution in [2.75, 3.05) is 0 Å². The summed E-state index contributed by atoms with van der Waals surface area (Å²) in [4.78, 5) is 5.30. The summed E-state index contributed by atoms with van der Waals surface area (Å²) < 4.78 is 0. The summed E-state index contributed by atoms with van der Waals surface area (Å²) in [6, 6.07) is 0. The fourth-order valence-electron chi connectivity index (χ4n) is 1.05. The van der Waals surface area contributed by atoms with Crippen molar-refractivity contribution in [2.45, 2.75) is 34.6 Å². The van der Waals surface area contributed by atoms with Crippen molar-refractivity contribution < 1.29 is 0 Å². The van der Waals surface area contributed by atoms with Gasteiger partial charge in [-0.05, 0) is 34.6 Å². The minimum atomic E-state index is 0.889. The van der Waals surface area contributed by atoms with Gasteiger partial charge in [-0.2, -0.15) is 0 Å². The molecule has 0 spiro atoms. The number of aliphatic imine (C=N–C) groups is 1. The molecule has 2 heteroatoms. The maximum Gasteiger partial charge on any atom is 0.0666 e. The van der Waals surface area contributed by atoms with Gasteiger partial charge in [-0.1, -0.05) is 24.4 Å². The normalized spacial score (nSPS) is 12.7. The maximum absolute atomic E-state index is 5.13. The average Bonchev–Trinajstić information content (AvgIpc) is 2.02. The smallest absolute Gasteiger partial charge is 0.0666 e. The zero-order valence-corrected chi connectivity index (χ0v) is 9.83. The zero-order chi connectivity index (χ0) is 10.4. The molecule has 0 aliphatic rings. The molecular weight excluding hydrogens is 178 g/mol. The van der Waals surface area contributed by atoms with Gasteiger partial charge in [0.15, 0.2) is 0 Å². The van der Waals surface area contributed by atoms with E-state index in [1.54, 1.807) is 0 Å². The Hall–Kier alpha value is -0.760. The Morgan fingerprint density at radius 3 is 1.85 bits per heavy atom. The highest BCUT2D eigenvalue weighted by atomic mass is 32.1. The first-order valence-corrected chi connectivity index (χ1v) is 4.79. The summed E-state index contributed by atoms with van der Waals surface area (Å²) in [6.07, 6.45) is 3.99. The van der Waals surface area contributed by atoms with Crippen molar-refractivity contribution in [3.05, 3.63) is 23.4 Å². The van der Waals surface area contributed by atoms with Crippen molar-refractivity contribution in [1.29, 1.82) is 0 Å². The molecule has 0 saturated heterocycles. The van der Waals surface area contributed by atoms with Crippen molar-refractivity contribution in [1.82, 2.24) is 0 Å². The van der Waals surface area contributed by atoms with E-state index in [0.717, 1.165) is 21.8 Å². The van der Waals surface area contributed by atoms with E-state index in [2.05, 4.69) is 4.99 Å². The Bertz CT molecular complexity index is 278. The van der Waals surface area contributed by atoms with Crippen LogP contribution in [0.4, 0.5) is 0 Å². The van der Waals surface area contributed by atoms with Crippen molar-refractivity contribution in [2.24, 2.45) is 4.99 Å². The van der Waals surface area contributed by atoms with Gasteiger partial charge in [0.2, 0.25) is 0 Å².